The van der Waals surface area contributed by atoms with Crippen molar-refractivity contribution >= 4 is 5.97 Å². The van der Waals surface area contributed by atoms with Gasteiger partial charge in [-0.25, -0.2) is 0 Å². The molecule has 0 aromatic heterocycles. The quantitative estimate of drug-likeness (QED) is 0.682. The van der Waals surface area contributed by atoms with Crippen LogP contribution >= 0.6 is 0 Å². The summed E-state index contributed by atoms with van der Waals surface area (Å²) >= 11 is 0. The van der Waals surface area contributed by atoms with Crippen molar-refractivity contribution in [1.82, 2.24) is 4.90 Å². The summed E-state index contributed by atoms with van der Waals surface area (Å²) in [6.45, 7) is 2.11. The third kappa shape index (κ3) is 1.09. The maximum absolute atomic E-state index is 12.3. The number of esters is 1. The molecular formula is C16H23NO3. The molecule has 3 heterocycles. The first-order chi connectivity index (χ1) is 9.67. The Balaban J connectivity index is 1.74. The van der Waals surface area contributed by atoms with E-state index in [1.165, 1.54) is 6.42 Å². The molecule has 0 radical (unpaired) electrons. The first-order valence-corrected chi connectivity index (χ1v) is 8.33. The lowest BCUT2D eigenvalue weighted by Crippen LogP contribution is -2.67. The molecule has 5 aliphatic rings. The third-order valence-corrected chi connectivity index (χ3v) is 7.28. The van der Waals surface area contributed by atoms with Crippen LogP contribution in [0.1, 0.15) is 44.9 Å². The topological polar surface area (TPSA) is 49.8 Å². The fraction of sp³-hybridized carbons (Fsp3) is 0.938. The van der Waals surface area contributed by atoms with E-state index in [1.54, 1.807) is 0 Å². The Morgan fingerprint density at radius 3 is 3.00 bits per heavy atom. The van der Waals surface area contributed by atoms with E-state index in [0.29, 0.717) is 11.8 Å². The molecule has 1 unspecified atom stereocenters. The summed E-state index contributed by atoms with van der Waals surface area (Å²) in [4.78, 5) is 14.8. The molecule has 20 heavy (non-hydrogen) atoms. The molecule has 4 bridgehead atoms. The van der Waals surface area contributed by atoms with Crippen LogP contribution in [0.3, 0.4) is 0 Å². The van der Waals surface area contributed by atoms with Crippen molar-refractivity contribution < 1.29 is 14.6 Å². The second-order valence-electron chi connectivity index (χ2n) is 7.72. The maximum Gasteiger partial charge on any atom is 0.310 e. The average molecular weight is 277 g/mol. The smallest absolute Gasteiger partial charge is 0.310 e. The number of aliphatic hydroxyl groups is 1. The van der Waals surface area contributed by atoms with Crippen LogP contribution in [-0.4, -0.2) is 40.9 Å². The standard InChI is InChI=1S/C16H23NO3/c18-13-8-11-7-10-9-16(20-14(10)19)15(11)4-2-6-17(16)5-1-3-12(13)15/h10-13,18H,1-9H2/t10-,11-,12-,13+,15-,16-/m0/s1. The molecule has 2 saturated carbocycles. The summed E-state index contributed by atoms with van der Waals surface area (Å²) in [6.07, 6.45) is 7.17. The lowest BCUT2D eigenvalue weighted by molar-refractivity contribution is -0.245. The number of carbonyl (C=O) groups excluding carboxylic acids is 1. The number of hydrogen-bond acceptors (Lipinski definition) is 4. The van der Waals surface area contributed by atoms with E-state index >= 15 is 0 Å². The number of aliphatic hydroxyl groups excluding tert-OH is 1. The van der Waals surface area contributed by atoms with Gasteiger partial charge < -0.3 is 9.84 Å². The zero-order valence-electron chi connectivity index (χ0n) is 11.9. The van der Waals surface area contributed by atoms with E-state index in [-0.39, 0.29) is 29.1 Å². The zero-order chi connectivity index (χ0) is 13.5. The Morgan fingerprint density at radius 1 is 1.25 bits per heavy atom. The molecule has 1 N–H and O–H groups in total. The molecule has 110 valence electrons. The van der Waals surface area contributed by atoms with Gasteiger partial charge in [-0.15, -0.1) is 0 Å². The largest absolute Gasteiger partial charge is 0.443 e. The second kappa shape index (κ2) is 3.58. The predicted octanol–water partition coefficient (Wildman–Crippen LogP) is 1.52. The van der Waals surface area contributed by atoms with Crippen LogP contribution in [0.4, 0.5) is 0 Å². The van der Waals surface area contributed by atoms with Crippen molar-refractivity contribution in [2.45, 2.75) is 56.8 Å². The van der Waals surface area contributed by atoms with Crippen LogP contribution in [0.15, 0.2) is 0 Å². The Labute approximate surface area is 119 Å². The molecule has 5 fully saturated rings. The van der Waals surface area contributed by atoms with E-state index in [1.807, 2.05) is 0 Å². The fourth-order valence-corrected chi connectivity index (χ4v) is 6.80. The molecule has 0 amide bonds. The zero-order valence-corrected chi connectivity index (χ0v) is 11.9. The van der Waals surface area contributed by atoms with Crippen molar-refractivity contribution in [1.29, 1.82) is 0 Å². The minimum Gasteiger partial charge on any atom is -0.443 e. The lowest BCUT2D eigenvalue weighted by Gasteiger charge is -2.59. The summed E-state index contributed by atoms with van der Waals surface area (Å²) in [5.74, 6) is 0.983. The van der Waals surface area contributed by atoms with Gasteiger partial charge in [0.1, 0.15) is 0 Å². The number of piperidine rings is 1. The van der Waals surface area contributed by atoms with Crippen molar-refractivity contribution in [2.75, 3.05) is 13.1 Å². The summed E-state index contributed by atoms with van der Waals surface area (Å²) in [5.41, 5.74) is -0.293. The minimum absolute atomic E-state index is 0.0424. The first kappa shape index (κ1) is 12.0. The summed E-state index contributed by atoms with van der Waals surface area (Å²) in [5, 5.41) is 10.6. The summed E-state index contributed by atoms with van der Waals surface area (Å²) in [7, 11) is 0. The van der Waals surface area contributed by atoms with Gasteiger partial charge in [-0.05, 0) is 50.4 Å². The molecule has 0 aromatic carbocycles. The highest BCUT2D eigenvalue weighted by molar-refractivity contribution is 5.76. The third-order valence-electron chi connectivity index (χ3n) is 7.28. The Hall–Kier alpha value is -0.610. The van der Waals surface area contributed by atoms with Crippen LogP contribution in [0.25, 0.3) is 0 Å². The molecule has 4 heteroatoms. The van der Waals surface area contributed by atoms with Crippen LogP contribution in [0, 0.1) is 23.2 Å². The van der Waals surface area contributed by atoms with Crippen molar-refractivity contribution in [2.24, 2.45) is 23.2 Å². The van der Waals surface area contributed by atoms with Gasteiger partial charge in [-0.3, -0.25) is 9.69 Å². The molecule has 0 aromatic rings. The molecule has 3 aliphatic heterocycles. The van der Waals surface area contributed by atoms with Crippen molar-refractivity contribution in [3.8, 4) is 0 Å². The van der Waals surface area contributed by atoms with Crippen LogP contribution in [-0.2, 0) is 9.53 Å². The van der Waals surface area contributed by atoms with Gasteiger partial charge >= 0.3 is 5.97 Å². The number of rotatable bonds is 0. The van der Waals surface area contributed by atoms with Gasteiger partial charge in [-0.2, -0.15) is 0 Å². The number of nitrogens with zero attached hydrogens (tertiary/aromatic N) is 1. The maximum atomic E-state index is 12.3. The molecule has 2 aliphatic carbocycles. The highest BCUT2D eigenvalue weighted by atomic mass is 16.6. The first-order valence-electron chi connectivity index (χ1n) is 8.33. The molecule has 4 nitrogen and oxygen atoms in total. The highest BCUT2D eigenvalue weighted by Gasteiger charge is 2.75. The van der Waals surface area contributed by atoms with E-state index in [4.69, 9.17) is 4.74 Å². The lowest BCUT2D eigenvalue weighted by atomic mass is 9.54. The van der Waals surface area contributed by atoms with Gasteiger partial charge in [0.15, 0.2) is 5.72 Å². The van der Waals surface area contributed by atoms with E-state index in [9.17, 15) is 9.90 Å². The SMILES string of the molecule is O=C1O[C@]23C[C@@H]1C[C@H]1C[C@@H](O)[C@@H]4CCCN2CCC[C@]143. The van der Waals surface area contributed by atoms with Gasteiger partial charge in [0, 0.05) is 24.9 Å². The van der Waals surface area contributed by atoms with E-state index < -0.39 is 0 Å². The summed E-state index contributed by atoms with van der Waals surface area (Å²) in [6, 6.07) is 0. The molecule has 2 spiro atoms. The molecule has 5 rings (SSSR count). The minimum atomic E-state index is -0.353. The monoisotopic (exact) mass is 277 g/mol. The van der Waals surface area contributed by atoms with Crippen LogP contribution in [0.2, 0.25) is 0 Å². The van der Waals surface area contributed by atoms with Crippen LogP contribution < -0.4 is 0 Å². The molecule has 7 atom stereocenters. The van der Waals surface area contributed by atoms with Crippen LogP contribution in [0.5, 0.6) is 0 Å². The Kier molecular flexibility index (Phi) is 2.15. The normalized spacial score (nSPS) is 59.9. The number of hydrogen-bond donors (Lipinski definition) is 1. The second-order valence-corrected chi connectivity index (χ2v) is 7.72. The average Bonchev–Trinajstić information content (AvgIpc) is 2.82. The molecule has 3 saturated heterocycles. The highest BCUT2D eigenvalue weighted by Crippen LogP contribution is 2.70. The van der Waals surface area contributed by atoms with E-state index in [0.717, 1.165) is 51.6 Å². The Morgan fingerprint density at radius 2 is 2.10 bits per heavy atom. The van der Waals surface area contributed by atoms with Gasteiger partial charge in [-0.1, -0.05) is 0 Å². The summed E-state index contributed by atoms with van der Waals surface area (Å²) < 4.78 is 6.12. The number of carbonyl (C=O) groups is 1. The fourth-order valence-electron chi connectivity index (χ4n) is 6.80. The number of fused-ring (bicyclic) bond motifs is 1. The van der Waals surface area contributed by atoms with Gasteiger partial charge in [0.2, 0.25) is 0 Å². The predicted molar refractivity (Wildman–Crippen MR) is 71.6 cm³/mol. The van der Waals surface area contributed by atoms with Gasteiger partial charge in [0.05, 0.1) is 12.0 Å². The van der Waals surface area contributed by atoms with Crippen molar-refractivity contribution in [3.05, 3.63) is 0 Å². The van der Waals surface area contributed by atoms with E-state index in [2.05, 4.69) is 4.90 Å². The molecular weight excluding hydrogens is 254 g/mol. The van der Waals surface area contributed by atoms with Gasteiger partial charge in [0.25, 0.3) is 0 Å². The Bertz CT molecular complexity index is 480. The number of ether oxygens (including phenoxy) is 1. The van der Waals surface area contributed by atoms with Crippen molar-refractivity contribution in [3.63, 3.8) is 0 Å².